The summed E-state index contributed by atoms with van der Waals surface area (Å²) < 4.78 is 27.0. The fraction of sp³-hybridized carbons (Fsp3) is 0.294. The van der Waals surface area contributed by atoms with Gasteiger partial charge in [-0.05, 0) is 36.6 Å². The number of nitrogens with two attached hydrogens (primary N) is 1. The molecule has 0 saturated heterocycles. The standard InChI is InChI=1S/C17H22N2O2S/c1-15-6-5-9-17(14-15)22(20,21)19(13-11-18)12-10-16-7-3-2-4-8-16/h2-9,14H,10-13,18H2,1H3. The lowest BCUT2D eigenvalue weighted by Crippen LogP contribution is -2.36. The quantitative estimate of drug-likeness (QED) is 0.851. The van der Waals surface area contributed by atoms with Crippen molar-refractivity contribution in [3.05, 3.63) is 65.7 Å². The molecule has 0 radical (unpaired) electrons. The second-order valence-electron chi connectivity index (χ2n) is 5.24. The van der Waals surface area contributed by atoms with Crippen LogP contribution in [0.1, 0.15) is 11.1 Å². The molecule has 0 saturated carbocycles. The van der Waals surface area contributed by atoms with E-state index in [4.69, 9.17) is 5.73 Å². The van der Waals surface area contributed by atoms with Gasteiger partial charge in [-0.15, -0.1) is 0 Å². The molecule has 118 valence electrons. The van der Waals surface area contributed by atoms with Crippen molar-refractivity contribution in [1.82, 2.24) is 4.31 Å². The molecule has 5 heteroatoms. The highest BCUT2D eigenvalue weighted by Crippen LogP contribution is 2.17. The van der Waals surface area contributed by atoms with Gasteiger partial charge in [-0.25, -0.2) is 8.42 Å². The molecule has 22 heavy (non-hydrogen) atoms. The van der Waals surface area contributed by atoms with E-state index in [0.717, 1.165) is 11.1 Å². The Morgan fingerprint density at radius 3 is 2.36 bits per heavy atom. The van der Waals surface area contributed by atoms with Crippen molar-refractivity contribution in [2.75, 3.05) is 19.6 Å². The minimum absolute atomic E-state index is 0.305. The number of rotatable bonds is 7. The van der Waals surface area contributed by atoms with Crippen molar-refractivity contribution in [3.8, 4) is 0 Å². The normalized spacial score (nSPS) is 11.8. The average Bonchev–Trinajstić information content (AvgIpc) is 2.52. The number of sulfonamides is 1. The summed E-state index contributed by atoms with van der Waals surface area (Å²) in [5.41, 5.74) is 7.64. The van der Waals surface area contributed by atoms with Crippen LogP contribution in [0.4, 0.5) is 0 Å². The number of hydrogen-bond donors (Lipinski definition) is 1. The smallest absolute Gasteiger partial charge is 0.243 e. The number of nitrogens with zero attached hydrogens (tertiary/aromatic N) is 1. The average molecular weight is 318 g/mol. The minimum Gasteiger partial charge on any atom is -0.329 e. The minimum atomic E-state index is -3.50. The highest BCUT2D eigenvalue weighted by molar-refractivity contribution is 7.89. The van der Waals surface area contributed by atoms with Crippen LogP contribution in [-0.4, -0.2) is 32.4 Å². The highest BCUT2D eigenvalue weighted by atomic mass is 32.2. The zero-order chi connectivity index (χ0) is 16.0. The molecule has 4 nitrogen and oxygen atoms in total. The third-order valence-corrected chi connectivity index (χ3v) is 5.39. The highest BCUT2D eigenvalue weighted by Gasteiger charge is 2.23. The molecule has 0 fully saturated rings. The maximum Gasteiger partial charge on any atom is 0.243 e. The second kappa shape index (κ2) is 7.54. The predicted molar refractivity (Wildman–Crippen MR) is 89.1 cm³/mol. The summed E-state index contributed by atoms with van der Waals surface area (Å²) in [6, 6.07) is 16.8. The number of aryl methyl sites for hydroxylation is 1. The Kier molecular flexibility index (Phi) is 5.71. The molecule has 0 heterocycles. The van der Waals surface area contributed by atoms with Gasteiger partial charge in [-0.2, -0.15) is 4.31 Å². The van der Waals surface area contributed by atoms with Crippen LogP contribution < -0.4 is 5.73 Å². The summed E-state index contributed by atoms with van der Waals surface area (Å²) in [4.78, 5) is 0.328. The zero-order valence-corrected chi connectivity index (χ0v) is 13.6. The van der Waals surface area contributed by atoms with E-state index in [1.807, 2.05) is 43.3 Å². The van der Waals surface area contributed by atoms with Gasteiger partial charge in [-0.3, -0.25) is 0 Å². The van der Waals surface area contributed by atoms with Crippen LogP contribution in [0.15, 0.2) is 59.5 Å². The van der Waals surface area contributed by atoms with Crippen LogP contribution in [-0.2, 0) is 16.4 Å². The molecule has 2 aromatic carbocycles. The summed E-state index contributed by atoms with van der Waals surface area (Å²) in [5.74, 6) is 0. The van der Waals surface area contributed by atoms with E-state index in [0.29, 0.717) is 31.0 Å². The molecule has 0 aromatic heterocycles. The van der Waals surface area contributed by atoms with Crippen LogP contribution >= 0.6 is 0 Å². The van der Waals surface area contributed by atoms with E-state index in [-0.39, 0.29) is 0 Å². The van der Waals surface area contributed by atoms with Gasteiger partial charge in [0.25, 0.3) is 0 Å². The Morgan fingerprint density at radius 2 is 1.73 bits per heavy atom. The van der Waals surface area contributed by atoms with Gasteiger partial charge >= 0.3 is 0 Å². The lowest BCUT2D eigenvalue weighted by molar-refractivity contribution is 0.421. The number of hydrogen-bond acceptors (Lipinski definition) is 3. The van der Waals surface area contributed by atoms with E-state index in [2.05, 4.69) is 0 Å². The van der Waals surface area contributed by atoms with Crippen molar-refractivity contribution in [3.63, 3.8) is 0 Å². The molecule has 0 aliphatic carbocycles. The van der Waals surface area contributed by atoms with Crippen LogP contribution in [0.25, 0.3) is 0 Å². The largest absolute Gasteiger partial charge is 0.329 e. The Bertz CT molecular complexity index is 700. The van der Waals surface area contributed by atoms with Crippen molar-refractivity contribution >= 4 is 10.0 Å². The first-order valence-electron chi connectivity index (χ1n) is 7.35. The van der Waals surface area contributed by atoms with Crippen molar-refractivity contribution in [2.45, 2.75) is 18.2 Å². The SMILES string of the molecule is Cc1cccc(S(=O)(=O)N(CCN)CCc2ccccc2)c1. The van der Waals surface area contributed by atoms with E-state index in [9.17, 15) is 8.42 Å². The third-order valence-electron chi connectivity index (χ3n) is 3.50. The Morgan fingerprint density at radius 1 is 1.00 bits per heavy atom. The first kappa shape index (κ1) is 16.7. The molecule has 0 unspecified atom stereocenters. The molecule has 0 bridgehead atoms. The maximum absolute atomic E-state index is 12.8. The molecule has 0 spiro atoms. The molecule has 2 aromatic rings. The second-order valence-corrected chi connectivity index (χ2v) is 7.18. The van der Waals surface area contributed by atoms with Crippen molar-refractivity contribution in [2.24, 2.45) is 5.73 Å². The van der Waals surface area contributed by atoms with Gasteiger partial charge in [-0.1, -0.05) is 42.5 Å². The summed E-state index contributed by atoms with van der Waals surface area (Å²) in [7, 11) is -3.50. The van der Waals surface area contributed by atoms with Crippen molar-refractivity contribution < 1.29 is 8.42 Å². The summed E-state index contributed by atoms with van der Waals surface area (Å²) >= 11 is 0. The molecule has 2 N–H and O–H groups in total. The van der Waals surface area contributed by atoms with Crippen LogP contribution in [0.5, 0.6) is 0 Å². The Labute approximate surface area is 132 Å². The molecule has 0 aliphatic rings. The lowest BCUT2D eigenvalue weighted by atomic mass is 10.1. The summed E-state index contributed by atoms with van der Waals surface area (Å²) in [5, 5.41) is 0. The van der Waals surface area contributed by atoms with Crippen LogP contribution in [0.2, 0.25) is 0 Å². The zero-order valence-electron chi connectivity index (χ0n) is 12.8. The topological polar surface area (TPSA) is 63.4 Å². The monoisotopic (exact) mass is 318 g/mol. The van der Waals surface area contributed by atoms with Gasteiger partial charge in [0.05, 0.1) is 4.90 Å². The molecule has 0 amide bonds. The van der Waals surface area contributed by atoms with Gasteiger partial charge < -0.3 is 5.73 Å². The van der Waals surface area contributed by atoms with Gasteiger partial charge in [0.2, 0.25) is 10.0 Å². The van der Waals surface area contributed by atoms with Crippen LogP contribution in [0, 0.1) is 6.92 Å². The van der Waals surface area contributed by atoms with E-state index >= 15 is 0 Å². The fourth-order valence-corrected chi connectivity index (χ4v) is 3.88. The Hall–Kier alpha value is -1.69. The summed E-state index contributed by atoms with van der Waals surface area (Å²) in [6.07, 6.45) is 0.673. The Balaban J connectivity index is 2.19. The van der Waals surface area contributed by atoms with Crippen LogP contribution in [0.3, 0.4) is 0 Å². The summed E-state index contributed by atoms with van der Waals surface area (Å²) in [6.45, 7) is 2.94. The molecule has 0 aliphatic heterocycles. The molecular formula is C17H22N2O2S. The lowest BCUT2D eigenvalue weighted by Gasteiger charge is -2.22. The fourth-order valence-electron chi connectivity index (χ4n) is 2.32. The third kappa shape index (κ3) is 4.16. The van der Waals surface area contributed by atoms with E-state index in [1.165, 1.54) is 4.31 Å². The molecule has 0 atom stereocenters. The number of benzene rings is 2. The molecular weight excluding hydrogens is 296 g/mol. The molecule has 2 rings (SSSR count). The maximum atomic E-state index is 12.8. The predicted octanol–water partition coefficient (Wildman–Crippen LogP) is 2.19. The van der Waals surface area contributed by atoms with E-state index in [1.54, 1.807) is 18.2 Å². The van der Waals surface area contributed by atoms with Gasteiger partial charge in [0, 0.05) is 19.6 Å². The van der Waals surface area contributed by atoms with Gasteiger partial charge in [0.1, 0.15) is 0 Å². The van der Waals surface area contributed by atoms with E-state index < -0.39 is 10.0 Å². The first-order valence-corrected chi connectivity index (χ1v) is 8.79. The van der Waals surface area contributed by atoms with Gasteiger partial charge in [0.15, 0.2) is 0 Å². The first-order chi connectivity index (χ1) is 10.5. The van der Waals surface area contributed by atoms with Crippen molar-refractivity contribution in [1.29, 1.82) is 0 Å².